The van der Waals surface area contributed by atoms with Crippen LogP contribution in [-0.4, -0.2) is 37.4 Å². The zero-order valence-corrected chi connectivity index (χ0v) is 15.1. The number of carbonyl (C=O) groups is 2. The van der Waals surface area contributed by atoms with Crippen LogP contribution in [0.1, 0.15) is 34.6 Å². The summed E-state index contributed by atoms with van der Waals surface area (Å²) in [5.41, 5.74) is 0.744. The number of nitrogens with zero attached hydrogens (tertiary/aromatic N) is 2. The quantitative estimate of drug-likeness (QED) is 0.768. The van der Waals surface area contributed by atoms with Crippen molar-refractivity contribution in [3.63, 3.8) is 0 Å². The molecule has 1 aliphatic rings. The molecule has 3 rings (SSSR count). The number of hydrogen-bond donors (Lipinski definition) is 0. The maximum absolute atomic E-state index is 12.9. The van der Waals surface area contributed by atoms with Gasteiger partial charge in [-0.1, -0.05) is 30.3 Å². The second-order valence-corrected chi connectivity index (χ2v) is 7.72. The SMILES string of the molecule is CC(C)N1C(=O)c2ccccc2N(COC(=O)c2ccccc2)S1(=O)=O. The molecule has 136 valence electrons. The Kier molecular flexibility index (Phi) is 4.69. The van der Waals surface area contributed by atoms with Gasteiger partial charge in [-0.2, -0.15) is 8.42 Å². The first-order valence-electron chi connectivity index (χ1n) is 8.01. The van der Waals surface area contributed by atoms with Crippen LogP contribution in [0.2, 0.25) is 0 Å². The molecule has 1 aliphatic heterocycles. The minimum absolute atomic E-state index is 0.190. The van der Waals surface area contributed by atoms with Crippen molar-refractivity contribution in [1.29, 1.82) is 0 Å². The minimum atomic E-state index is -4.16. The highest BCUT2D eigenvalue weighted by Crippen LogP contribution is 2.33. The Bertz CT molecular complexity index is 941. The van der Waals surface area contributed by atoms with Gasteiger partial charge in [0.25, 0.3) is 5.91 Å². The Morgan fingerprint density at radius 2 is 1.65 bits per heavy atom. The number of ether oxygens (including phenoxy) is 1. The highest BCUT2D eigenvalue weighted by atomic mass is 32.2. The number of rotatable bonds is 4. The fourth-order valence-corrected chi connectivity index (χ4v) is 4.38. The summed E-state index contributed by atoms with van der Waals surface area (Å²) in [6.45, 7) is 2.69. The Morgan fingerprint density at radius 3 is 2.31 bits per heavy atom. The molecule has 2 aromatic rings. The predicted octanol–water partition coefficient (Wildman–Crippen LogP) is 2.42. The van der Waals surface area contributed by atoms with Crippen LogP contribution in [0, 0.1) is 0 Å². The molecule has 0 unspecified atom stereocenters. The van der Waals surface area contributed by atoms with Crippen molar-refractivity contribution < 1.29 is 22.7 Å². The predicted molar refractivity (Wildman–Crippen MR) is 95.9 cm³/mol. The molecule has 0 radical (unpaired) electrons. The summed E-state index contributed by atoms with van der Waals surface area (Å²) in [6, 6.07) is 14.0. The van der Waals surface area contributed by atoms with E-state index in [-0.39, 0.29) is 11.3 Å². The fraction of sp³-hybridized carbons (Fsp3) is 0.222. The molecule has 0 saturated heterocycles. The zero-order chi connectivity index (χ0) is 18.9. The number of amides is 1. The van der Waals surface area contributed by atoms with E-state index in [0.29, 0.717) is 5.56 Å². The molecule has 1 heterocycles. The molecule has 0 atom stereocenters. The normalized spacial score (nSPS) is 15.7. The topological polar surface area (TPSA) is 84.0 Å². The summed E-state index contributed by atoms with van der Waals surface area (Å²) in [5, 5.41) is 0. The molecule has 26 heavy (non-hydrogen) atoms. The Morgan fingerprint density at radius 1 is 1.04 bits per heavy atom. The molecule has 0 fully saturated rings. The van der Waals surface area contributed by atoms with Crippen LogP contribution >= 0.6 is 0 Å². The van der Waals surface area contributed by atoms with Crippen molar-refractivity contribution in [3.8, 4) is 0 Å². The van der Waals surface area contributed by atoms with Crippen LogP contribution in [0.15, 0.2) is 54.6 Å². The molecular formula is C18H18N2O5S. The number of fused-ring (bicyclic) bond motifs is 1. The van der Waals surface area contributed by atoms with Gasteiger partial charge in [0.2, 0.25) is 0 Å². The van der Waals surface area contributed by atoms with E-state index in [0.717, 1.165) is 8.61 Å². The smallest absolute Gasteiger partial charge is 0.339 e. The van der Waals surface area contributed by atoms with Crippen molar-refractivity contribution in [2.45, 2.75) is 19.9 Å². The van der Waals surface area contributed by atoms with Gasteiger partial charge in [0, 0.05) is 6.04 Å². The van der Waals surface area contributed by atoms with Gasteiger partial charge in [0.15, 0.2) is 6.73 Å². The van der Waals surface area contributed by atoms with E-state index in [4.69, 9.17) is 4.74 Å². The average Bonchev–Trinajstić information content (AvgIpc) is 2.61. The first-order valence-corrected chi connectivity index (χ1v) is 9.41. The van der Waals surface area contributed by atoms with E-state index in [9.17, 15) is 18.0 Å². The maximum Gasteiger partial charge on any atom is 0.339 e. The summed E-state index contributed by atoms with van der Waals surface area (Å²) in [4.78, 5) is 24.8. The number of benzene rings is 2. The lowest BCUT2D eigenvalue weighted by molar-refractivity contribution is 0.0518. The second-order valence-electron chi connectivity index (χ2n) is 6.00. The second kappa shape index (κ2) is 6.80. The van der Waals surface area contributed by atoms with Gasteiger partial charge >= 0.3 is 16.2 Å². The van der Waals surface area contributed by atoms with Crippen molar-refractivity contribution in [2.24, 2.45) is 0 Å². The van der Waals surface area contributed by atoms with Crippen molar-refractivity contribution in [1.82, 2.24) is 4.31 Å². The van der Waals surface area contributed by atoms with Gasteiger partial charge in [-0.3, -0.25) is 4.79 Å². The van der Waals surface area contributed by atoms with Crippen molar-refractivity contribution >= 4 is 27.8 Å². The zero-order valence-electron chi connectivity index (χ0n) is 14.3. The van der Waals surface area contributed by atoms with Crippen LogP contribution in [0.5, 0.6) is 0 Å². The molecule has 0 aliphatic carbocycles. The number of para-hydroxylation sites is 1. The van der Waals surface area contributed by atoms with Gasteiger partial charge < -0.3 is 4.74 Å². The third-order valence-electron chi connectivity index (χ3n) is 3.92. The van der Waals surface area contributed by atoms with Gasteiger partial charge in [-0.05, 0) is 38.1 Å². The van der Waals surface area contributed by atoms with Crippen LogP contribution in [0.4, 0.5) is 5.69 Å². The van der Waals surface area contributed by atoms with E-state index in [2.05, 4.69) is 0 Å². The van der Waals surface area contributed by atoms with Crippen LogP contribution in [-0.2, 0) is 14.9 Å². The number of esters is 1. The van der Waals surface area contributed by atoms with E-state index in [1.165, 1.54) is 6.07 Å². The van der Waals surface area contributed by atoms with Gasteiger partial charge in [0.1, 0.15) is 0 Å². The Hall–Kier alpha value is -2.87. The molecule has 2 aromatic carbocycles. The fourth-order valence-electron chi connectivity index (χ4n) is 2.74. The molecule has 8 heteroatoms. The summed E-state index contributed by atoms with van der Waals surface area (Å²) in [6.07, 6.45) is 0. The molecule has 0 spiro atoms. The lowest BCUT2D eigenvalue weighted by Crippen LogP contribution is -2.54. The first kappa shape index (κ1) is 17.9. The van der Waals surface area contributed by atoms with E-state index >= 15 is 0 Å². The van der Waals surface area contributed by atoms with E-state index < -0.39 is 34.9 Å². The van der Waals surface area contributed by atoms with Crippen molar-refractivity contribution in [3.05, 3.63) is 65.7 Å². The van der Waals surface area contributed by atoms with Crippen LogP contribution < -0.4 is 4.31 Å². The lowest BCUT2D eigenvalue weighted by atomic mass is 10.1. The van der Waals surface area contributed by atoms with Gasteiger partial charge in [0.05, 0.1) is 16.8 Å². The minimum Gasteiger partial charge on any atom is -0.439 e. The molecule has 1 amide bonds. The number of anilines is 1. The summed E-state index contributed by atoms with van der Waals surface area (Å²) in [5.74, 6) is -1.24. The summed E-state index contributed by atoms with van der Waals surface area (Å²) in [7, 11) is -4.16. The summed E-state index contributed by atoms with van der Waals surface area (Å²) < 4.78 is 32.8. The highest BCUT2D eigenvalue weighted by molar-refractivity contribution is 7.91. The first-order chi connectivity index (χ1) is 12.3. The monoisotopic (exact) mass is 374 g/mol. The molecular weight excluding hydrogens is 356 g/mol. The van der Waals surface area contributed by atoms with E-state index in [1.807, 2.05) is 0 Å². The van der Waals surface area contributed by atoms with Crippen molar-refractivity contribution in [2.75, 3.05) is 11.0 Å². The largest absolute Gasteiger partial charge is 0.439 e. The third kappa shape index (κ3) is 3.03. The average molecular weight is 374 g/mol. The number of hydrogen-bond acceptors (Lipinski definition) is 5. The molecule has 7 nitrogen and oxygen atoms in total. The molecule has 0 aromatic heterocycles. The number of carbonyl (C=O) groups excluding carboxylic acids is 2. The maximum atomic E-state index is 12.9. The lowest BCUT2D eigenvalue weighted by Gasteiger charge is -2.38. The van der Waals surface area contributed by atoms with Gasteiger partial charge in [-0.15, -0.1) is 0 Å². The van der Waals surface area contributed by atoms with Crippen LogP contribution in [0.25, 0.3) is 0 Å². The Labute approximate surface area is 152 Å². The molecule has 0 bridgehead atoms. The molecule has 0 N–H and O–H groups in total. The summed E-state index contributed by atoms with van der Waals surface area (Å²) >= 11 is 0. The van der Waals surface area contributed by atoms with Gasteiger partial charge in [-0.25, -0.2) is 13.4 Å². The Balaban J connectivity index is 1.95. The standard InChI is InChI=1S/C18H18N2O5S/c1-13(2)20-17(21)15-10-6-7-11-16(15)19(26(20,23)24)12-25-18(22)14-8-4-3-5-9-14/h3-11,13H,12H2,1-2H3. The molecule has 0 saturated carbocycles. The third-order valence-corrected chi connectivity index (χ3v) is 5.87. The van der Waals surface area contributed by atoms with Crippen LogP contribution in [0.3, 0.4) is 0 Å². The van der Waals surface area contributed by atoms with E-state index in [1.54, 1.807) is 62.4 Å². The highest BCUT2D eigenvalue weighted by Gasteiger charge is 2.43.